The van der Waals surface area contributed by atoms with Crippen LogP contribution in [0.15, 0.2) is 51.4 Å². The lowest BCUT2D eigenvalue weighted by Crippen LogP contribution is -2.20. The summed E-state index contributed by atoms with van der Waals surface area (Å²) in [6.07, 6.45) is 0. The highest BCUT2D eigenvalue weighted by Gasteiger charge is 2.10. The normalized spacial score (nSPS) is 10.5. The number of hydrogen-bond donors (Lipinski definition) is 1. The lowest BCUT2D eigenvalue weighted by Gasteiger charge is -2.11. The van der Waals surface area contributed by atoms with E-state index >= 15 is 0 Å². The molecule has 0 saturated carbocycles. The first-order valence-electron chi connectivity index (χ1n) is 6.37. The number of carbonyl (C=O) groups is 1. The van der Waals surface area contributed by atoms with Crippen LogP contribution in [0, 0.1) is 0 Å². The first-order chi connectivity index (χ1) is 11.0. The summed E-state index contributed by atoms with van der Waals surface area (Å²) in [5.41, 5.74) is 0.450. The average molecular weight is 451 g/mol. The van der Waals surface area contributed by atoms with Gasteiger partial charge in [0.25, 0.3) is 5.91 Å². The molecule has 2 aromatic carbocycles. The Balaban J connectivity index is 1.90. The number of benzene rings is 2. The molecule has 1 N–H and O–H groups in total. The van der Waals surface area contributed by atoms with Crippen molar-refractivity contribution in [1.82, 2.24) is 0 Å². The molecule has 4 nitrogen and oxygen atoms in total. The fraction of sp³-hybridized carbons (Fsp3) is 0.133. The first kappa shape index (κ1) is 17.7. The molecule has 0 aliphatic heterocycles. The van der Waals surface area contributed by atoms with Crippen LogP contribution < -0.4 is 14.8 Å². The van der Waals surface area contributed by atoms with Crippen molar-refractivity contribution >= 4 is 43.5 Å². The van der Waals surface area contributed by atoms with Gasteiger partial charge >= 0.3 is 6.61 Å². The van der Waals surface area contributed by atoms with Crippen molar-refractivity contribution in [2.45, 2.75) is 6.61 Å². The molecule has 0 saturated heterocycles. The summed E-state index contributed by atoms with van der Waals surface area (Å²) in [5, 5.41) is 2.59. The zero-order chi connectivity index (χ0) is 16.8. The van der Waals surface area contributed by atoms with Gasteiger partial charge in [-0.2, -0.15) is 8.78 Å². The van der Waals surface area contributed by atoms with Crippen LogP contribution in [0.2, 0.25) is 0 Å². The van der Waals surface area contributed by atoms with E-state index in [-0.39, 0.29) is 18.3 Å². The summed E-state index contributed by atoms with van der Waals surface area (Å²) in [6, 6.07) is 11.0. The molecule has 0 aliphatic rings. The van der Waals surface area contributed by atoms with E-state index in [4.69, 9.17) is 4.74 Å². The summed E-state index contributed by atoms with van der Waals surface area (Å²) in [6.45, 7) is -3.08. The monoisotopic (exact) mass is 449 g/mol. The van der Waals surface area contributed by atoms with E-state index in [9.17, 15) is 13.6 Å². The van der Waals surface area contributed by atoms with Crippen molar-refractivity contribution < 1.29 is 23.0 Å². The Morgan fingerprint density at radius 3 is 2.26 bits per heavy atom. The van der Waals surface area contributed by atoms with E-state index in [1.54, 1.807) is 12.1 Å². The Bertz CT molecular complexity index is 661. The molecule has 0 spiro atoms. The smallest absolute Gasteiger partial charge is 0.387 e. The van der Waals surface area contributed by atoms with Gasteiger partial charge in [0.15, 0.2) is 6.61 Å². The highest BCUT2D eigenvalue weighted by atomic mass is 79.9. The standard InChI is InChI=1S/C15H11Br2F2NO3/c16-11-2-1-3-12(17)14(11)22-8-13(21)20-9-4-6-10(7-5-9)23-15(18)19/h1-7,15H,8H2,(H,20,21). The van der Waals surface area contributed by atoms with Gasteiger partial charge in [-0.15, -0.1) is 0 Å². The highest BCUT2D eigenvalue weighted by molar-refractivity contribution is 9.11. The van der Waals surface area contributed by atoms with Gasteiger partial charge in [0.2, 0.25) is 0 Å². The molecular weight excluding hydrogens is 440 g/mol. The van der Waals surface area contributed by atoms with E-state index < -0.39 is 6.61 Å². The molecule has 23 heavy (non-hydrogen) atoms. The number of para-hydroxylation sites is 1. The third-order valence-corrected chi connectivity index (χ3v) is 3.88. The average Bonchev–Trinajstić information content (AvgIpc) is 2.48. The maximum absolute atomic E-state index is 12.0. The molecule has 0 radical (unpaired) electrons. The number of rotatable bonds is 6. The van der Waals surface area contributed by atoms with Crippen molar-refractivity contribution in [2.24, 2.45) is 0 Å². The number of ether oxygens (including phenoxy) is 2. The van der Waals surface area contributed by atoms with Gasteiger partial charge in [-0.1, -0.05) is 6.07 Å². The molecule has 0 bridgehead atoms. The van der Waals surface area contributed by atoms with Crippen LogP contribution in [0.25, 0.3) is 0 Å². The van der Waals surface area contributed by atoms with Gasteiger partial charge in [0, 0.05) is 5.69 Å². The Kier molecular flexibility index (Phi) is 6.35. The molecule has 0 unspecified atom stereocenters. The predicted molar refractivity (Wildman–Crippen MR) is 89.0 cm³/mol. The van der Waals surface area contributed by atoms with Crippen molar-refractivity contribution in [3.63, 3.8) is 0 Å². The maximum atomic E-state index is 12.0. The zero-order valence-electron chi connectivity index (χ0n) is 11.6. The lowest BCUT2D eigenvalue weighted by molar-refractivity contribution is -0.118. The molecule has 0 atom stereocenters. The fourth-order valence-electron chi connectivity index (χ4n) is 1.67. The minimum atomic E-state index is -2.88. The molecule has 0 fully saturated rings. The van der Waals surface area contributed by atoms with Crippen LogP contribution in [0.1, 0.15) is 0 Å². The predicted octanol–water partition coefficient (Wildman–Crippen LogP) is 4.83. The van der Waals surface area contributed by atoms with Gasteiger partial charge in [-0.05, 0) is 68.3 Å². The molecule has 0 aliphatic carbocycles. The number of hydrogen-bond acceptors (Lipinski definition) is 3. The third kappa shape index (κ3) is 5.47. The summed E-state index contributed by atoms with van der Waals surface area (Å²) in [4.78, 5) is 11.9. The number of amides is 1. The second-order valence-electron chi connectivity index (χ2n) is 4.29. The number of carbonyl (C=O) groups excluding carboxylic acids is 1. The largest absolute Gasteiger partial charge is 0.481 e. The second kappa shape index (κ2) is 8.26. The SMILES string of the molecule is O=C(COc1c(Br)cccc1Br)Nc1ccc(OC(F)F)cc1. The van der Waals surface area contributed by atoms with Gasteiger partial charge in [-0.25, -0.2) is 0 Å². The Morgan fingerprint density at radius 2 is 1.70 bits per heavy atom. The van der Waals surface area contributed by atoms with Crippen LogP contribution in [0.3, 0.4) is 0 Å². The molecule has 0 aromatic heterocycles. The van der Waals surface area contributed by atoms with E-state index in [1.165, 1.54) is 24.3 Å². The molecule has 122 valence electrons. The zero-order valence-corrected chi connectivity index (χ0v) is 14.7. The van der Waals surface area contributed by atoms with Crippen molar-refractivity contribution in [1.29, 1.82) is 0 Å². The van der Waals surface area contributed by atoms with Crippen LogP contribution >= 0.6 is 31.9 Å². The summed E-state index contributed by atoms with van der Waals surface area (Å²) in [5.74, 6) is 0.157. The van der Waals surface area contributed by atoms with E-state index in [0.29, 0.717) is 20.4 Å². The van der Waals surface area contributed by atoms with Crippen LogP contribution in [0.4, 0.5) is 14.5 Å². The topological polar surface area (TPSA) is 47.6 Å². The molecule has 2 aromatic rings. The highest BCUT2D eigenvalue weighted by Crippen LogP contribution is 2.32. The van der Waals surface area contributed by atoms with Gasteiger partial charge in [0.1, 0.15) is 11.5 Å². The van der Waals surface area contributed by atoms with Crippen LogP contribution in [0.5, 0.6) is 11.5 Å². The van der Waals surface area contributed by atoms with E-state index in [2.05, 4.69) is 41.9 Å². The molecular formula is C15H11Br2F2NO3. The minimum Gasteiger partial charge on any atom is -0.481 e. The van der Waals surface area contributed by atoms with Crippen molar-refractivity contribution in [2.75, 3.05) is 11.9 Å². The summed E-state index contributed by atoms with van der Waals surface area (Å²) in [7, 11) is 0. The first-order valence-corrected chi connectivity index (χ1v) is 7.96. The quantitative estimate of drug-likeness (QED) is 0.685. The molecule has 1 amide bonds. The summed E-state index contributed by atoms with van der Waals surface area (Å²) < 4.78 is 35.2. The number of halogens is 4. The minimum absolute atomic E-state index is 0.0198. The Morgan fingerprint density at radius 1 is 1.09 bits per heavy atom. The van der Waals surface area contributed by atoms with Gasteiger partial charge < -0.3 is 14.8 Å². The lowest BCUT2D eigenvalue weighted by atomic mass is 10.3. The van der Waals surface area contributed by atoms with Crippen molar-refractivity contribution in [3.8, 4) is 11.5 Å². The maximum Gasteiger partial charge on any atom is 0.387 e. The Labute approximate surface area is 148 Å². The van der Waals surface area contributed by atoms with Crippen LogP contribution in [-0.2, 0) is 4.79 Å². The summed E-state index contributed by atoms with van der Waals surface area (Å²) >= 11 is 6.66. The number of anilines is 1. The second-order valence-corrected chi connectivity index (χ2v) is 6.00. The van der Waals surface area contributed by atoms with E-state index in [0.717, 1.165) is 0 Å². The Hall–Kier alpha value is -1.67. The molecule has 0 heterocycles. The number of alkyl halides is 2. The van der Waals surface area contributed by atoms with Gasteiger partial charge in [-0.3, -0.25) is 4.79 Å². The van der Waals surface area contributed by atoms with E-state index in [1.807, 2.05) is 6.07 Å². The van der Waals surface area contributed by atoms with Crippen molar-refractivity contribution in [3.05, 3.63) is 51.4 Å². The fourth-order valence-corrected chi connectivity index (χ4v) is 2.90. The third-order valence-electron chi connectivity index (χ3n) is 2.63. The molecule has 2 rings (SSSR count). The number of nitrogens with one attached hydrogen (secondary N) is 1. The van der Waals surface area contributed by atoms with Crippen LogP contribution in [-0.4, -0.2) is 19.1 Å². The van der Waals surface area contributed by atoms with Gasteiger partial charge in [0.05, 0.1) is 8.95 Å². The molecule has 8 heteroatoms.